The Morgan fingerprint density at radius 3 is 2.80 bits per heavy atom. The average molecular weight is 271 g/mol. The Bertz CT molecular complexity index is 609. The molecule has 104 valence electrons. The lowest BCUT2D eigenvalue weighted by molar-refractivity contribution is -0.130. The van der Waals surface area contributed by atoms with Crippen LogP contribution in [-0.4, -0.2) is 45.4 Å². The molecule has 0 spiro atoms. The van der Waals surface area contributed by atoms with Gasteiger partial charge in [-0.1, -0.05) is 0 Å². The van der Waals surface area contributed by atoms with Gasteiger partial charge in [0.2, 0.25) is 5.91 Å². The highest BCUT2D eigenvalue weighted by molar-refractivity contribution is 5.81. The molecule has 2 aromatic heterocycles. The van der Waals surface area contributed by atoms with E-state index >= 15 is 0 Å². The summed E-state index contributed by atoms with van der Waals surface area (Å²) in [6.45, 7) is 2.02. The number of fused-ring (bicyclic) bond motifs is 1. The fourth-order valence-corrected chi connectivity index (χ4v) is 2.37. The van der Waals surface area contributed by atoms with Gasteiger partial charge in [0.15, 0.2) is 5.65 Å². The van der Waals surface area contributed by atoms with Crippen molar-refractivity contribution in [2.75, 3.05) is 25.0 Å². The second kappa shape index (κ2) is 5.81. The van der Waals surface area contributed by atoms with Crippen molar-refractivity contribution in [3.8, 4) is 0 Å². The SMILES string of the molecule is O=C(CNc1ccc2nccnc2n1)N1CCCCC1. The van der Waals surface area contributed by atoms with Gasteiger partial charge < -0.3 is 10.2 Å². The monoisotopic (exact) mass is 271 g/mol. The summed E-state index contributed by atoms with van der Waals surface area (Å²) in [5.74, 6) is 0.786. The van der Waals surface area contributed by atoms with Gasteiger partial charge in [0, 0.05) is 25.5 Å². The molecule has 1 saturated heterocycles. The highest BCUT2D eigenvalue weighted by Gasteiger charge is 2.15. The molecule has 20 heavy (non-hydrogen) atoms. The van der Waals surface area contributed by atoms with Gasteiger partial charge in [-0.2, -0.15) is 0 Å². The number of hydrogen-bond donors (Lipinski definition) is 1. The third-order valence-electron chi connectivity index (χ3n) is 3.46. The van der Waals surface area contributed by atoms with E-state index in [2.05, 4.69) is 20.3 Å². The molecule has 0 radical (unpaired) electrons. The van der Waals surface area contributed by atoms with E-state index in [-0.39, 0.29) is 12.5 Å². The number of aromatic nitrogens is 3. The molecule has 0 atom stereocenters. The van der Waals surface area contributed by atoms with Gasteiger partial charge in [-0.05, 0) is 31.4 Å². The maximum Gasteiger partial charge on any atom is 0.241 e. The number of rotatable bonds is 3. The highest BCUT2D eigenvalue weighted by Crippen LogP contribution is 2.11. The standard InChI is InChI=1S/C14H17N5O/c20-13(19-8-2-1-3-9-19)10-17-12-5-4-11-14(18-12)16-7-6-15-11/h4-7H,1-3,8-10H2,(H,16,17,18). The van der Waals surface area contributed by atoms with E-state index < -0.39 is 0 Å². The maximum absolute atomic E-state index is 12.0. The van der Waals surface area contributed by atoms with Crippen LogP contribution in [0.1, 0.15) is 19.3 Å². The lowest BCUT2D eigenvalue weighted by Crippen LogP contribution is -2.39. The molecule has 1 fully saturated rings. The lowest BCUT2D eigenvalue weighted by atomic mass is 10.1. The van der Waals surface area contributed by atoms with E-state index in [1.165, 1.54) is 6.42 Å². The summed E-state index contributed by atoms with van der Waals surface area (Å²) in [6, 6.07) is 3.67. The summed E-state index contributed by atoms with van der Waals surface area (Å²) in [7, 11) is 0. The van der Waals surface area contributed by atoms with Crippen molar-refractivity contribution in [3.63, 3.8) is 0 Å². The van der Waals surface area contributed by atoms with Crippen LogP contribution in [0, 0.1) is 0 Å². The topological polar surface area (TPSA) is 71.0 Å². The minimum atomic E-state index is 0.130. The number of nitrogens with one attached hydrogen (secondary N) is 1. The first-order valence-corrected chi connectivity index (χ1v) is 6.92. The van der Waals surface area contributed by atoms with Gasteiger partial charge >= 0.3 is 0 Å². The Balaban J connectivity index is 1.62. The van der Waals surface area contributed by atoms with E-state index in [4.69, 9.17) is 0 Å². The van der Waals surface area contributed by atoms with E-state index in [9.17, 15) is 4.79 Å². The molecule has 0 bridgehead atoms. The highest BCUT2D eigenvalue weighted by atomic mass is 16.2. The zero-order valence-corrected chi connectivity index (χ0v) is 11.2. The number of amides is 1. The molecule has 0 unspecified atom stereocenters. The number of nitrogens with zero attached hydrogens (tertiary/aromatic N) is 4. The molecule has 3 rings (SSSR count). The number of hydrogen-bond acceptors (Lipinski definition) is 5. The van der Waals surface area contributed by atoms with E-state index in [0.717, 1.165) is 31.4 Å². The zero-order chi connectivity index (χ0) is 13.8. The number of carbonyl (C=O) groups is 1. The Morgan fingerprint density at radius 2 is 1.95 bits per heavy atom. The molecule has 1 amide bonds. The van der Waals surface area contributed by atoms with E-state index in [1.807, 2.05) is 17.0 Å². The van der Waals surface area contributed by atoms with Gasteiger partial charge in [-0.3, -0.25) is 9.78 Å². The third-order valence-corrected chi connectivity index (χ3v) is 3.46. The summed E-state index contributed by atoms with van der Waals surface area (Å²) < 4.78 is 0. The third kappa shape index (κ3) is 2.84. The predicted octanol–water partition coefficient (Wildman–Crippen LogP) is 1.45. The Labute approximate surface area is 117 Å². The summed E-state index contributed by atoms with van der Waals surface area (Å²) in [5, 5.41) is 3.06. The first-order chi connectivity index (χ1) is 9.83. The fourth-order valence-electron chi connectivity index (χ4n) is 2.37. The van der Waals surface area contributed by atoms with Crippen LogP contribution in [0.2, 0.25) is 0 Å². The summed E-state index contributed by atoms with van der Waals surface area (Å²) >= 11 is 0. The molecular formula is C14H17N5O. The van der Waals surface area contributed by atoms with Crippen LogP contribution < -0.4 is 5.32 Å². The van der Waals surface area contributed by atoms with Gasteiger partial charge in [-0.25, -0.2) is 9.97 Å². The van der Waals surface area contributed by atoms with Crippen LogP contribution in [0.5, 0.6) is 0 Å². The summed E-state index contributed by atoms with van der Waals surface area (Å²) in [4.78, 5) is 26.6. The number of carbonyl (C=O) groups excluding carboxylic acids is 1. The van der Waals surface area contributed by atoms with Crippen molar-refractivity contribution in [2.45, 2.75) is 19.3 Å². The van der Waals surface area contributed by atoms with Crippen LogP contribution in [0.4, 0.5) is 5.82 Å². The lowest BCUT2D eigenvalue weighted by Gasteiger charge is -2.26. The molecule has 6 heteroatoms. The molecule has 0 aliphatic carbocycles. The normalized spacial score (nSPS) is 15.3. The van der Waals surface area contributed by atoms with Gasteiger partial charge in [0.1, 0.15) is 11.3 Å². The molecule has 0 saturated carbocycles. The van der Waals surface area contributed by atoms with Crippen molar-refractivity contribution >= 4 is 22.9 Å². The predicted molar refractivity (Wildman–Crippen MR) is 76.3 cm³/mol. The molecule has 2 aromatic rings. The quantitative estimate of drug-likeness (QED) is 0.915. The minimum Gasteiger partial charge on any atom is -0.361 e. The number of pyridine rings is 1. The van der Waals surface area contributed by atoms with Gasteiger partial charge in [-0.15, -0.1) is 0 Å². The number of anilines is 1. The first kappa shape index (κ1) is 12.8. The molecule has 6 nitrogen and oxygen atoms in total. The van der Waals surface area contributed by atoms with E-state index in [0.29, 0.717) is 11.5 Å². The summed E-state index contributed by atoms with van der Waals surface area (Å²) in [5.41, 5.74) is 1.34. The Hall–Kier alpha value is -2.24. The van der Waals surface area contributed by atoms with Gasteiger partial charge in [0.25, 0.3) is 0 Å². The van der Waals surface area contributed by atoms with Crippen LogP contribution in [0.15, 0.2) is 24.5 Å². The Kier molecular flexibility index (Phi) is 3.71. The Morgan fingerprint density at radius 1 is 1.15 bits per heavy atom. The second-order valence-electron chi connectivity index (χ2n) is 4.89. The molecule has 1 aliphatic heterocycles. The van der Waals surface area contributed by atoms with Crippen molar-refractivity contribution in [1.82, 2.24) is 19.9 Å². The van der Waals surface area contributed by atoms with Crippen molar-refractivity contribution in [2.24, 2.45) is 0 Å². The van der Waals surface area contributed by atoms with Crippen LogP contribution in [0.3, 0.4) is 0 Å². The largest absolute Gasteiger partial charge is 0.361 e. The fraction of sp³-hybridized carbons (Fsp3) is 0.429. The van der Waals surface area contributed by atoms with Crippen LogP contribution in [-0.2, 0) is 4.79 Å². The number of piperidine rings is 1. The summed E-state index contributed by atoms with van der Waals surface area (Å²) in [6.07, 6.45) is 6.68. The zero-order valence-electron chi connectivity index (χ0n) is 11.2. The molecular weight excluding hydrogens is 254 g/mol. The van der Waals surface area contributed by atoms with Crippen LogP contribution in [0.25, 0.3) is 11.2 Å². The van der Waals surface area contributed by atoms with Crippen molar-refractivity contribution in [3.05, 3.63) is 24.5 Å². The minimum absolute atomic E-state index is 0.130. The first-order valence-electron chi connectivity index (χ1n) is 6.92. The number of likely N-dealkylation sites (tertiary alicyclic amines) is 1. The molecule has 0 aromatic carbocycles. The maximum atomic E-state index is 12.0. The average Bonchev–Trinajstić information content (AvgIpc) is 2.53. The molecule has 1 N–H and O–H groups in total. The molecule has 3 heterocycles. The smallest absolute Gasteiger partial charge is 0.241 e. The molecule has 1 aliphatic rings. The second-order valence-corrected chi connectivity index (χ2v) is 4.89. The van der Waals surface area contributed by atoms with Gasteiger partial charge in [0.05, 0.1) is 6.54 Å². The van der Waals surface area contributed by atoms with Crippen molar-refractivity contribution < 1.29 is 4.79 Å². The van der Waals surface area contributed by atoms with Crippen molar-refractivity contribution in [1.29, 1.82) is 0 Å². The van der Waals surface area contributed by atoms with Crippen LogP contribution >= 0.6 is 0 Å². The van der Waals surface area contributed by atoms with E-state index in [1.54, 1.807) is 12.4 Å².